The largest absolute Gasteiger partial charge is 0.352 e. The van der Waals surface area contributed by atoms with Gasteiger partial charge in [-0.3, -0.25) is 9.59 Å². The first-order chi connectivity index (χ1) is 19.6. The highest BCUT2D eigenvalue weighted by Gasteiger charge is 2.35. The topological polar surface area (TPSA) is 90.0 Å². The third-order valence-electron chi connectivity index (χ3n) is 7.30. The SMILES string of the molecule is CN(C)S(=O)(=O)N(CC(=O)N(Cc1ccc(Cl)cc1)[C@@H](Cc1ccccc1)C(=O)NC1CCCC1)c1ccccc1. The van der Waals surface area contributed by atoms with Crippen molar-refractivity contribution in [1.29, 1.82) is 0 Å². The average molecular weight is 597 g/mol. The standard InChI is InChI=1S/C31H37ClN4O4S/c1-34(2)41(39,40)36(28-15-7-4-8-16-28)23-30(37)35(22-25-17-19-26(32)20-18-25)29(21-24-11-5-3-6-12-24)31(38)33-27-13-9-10-14-27/h3-8,11-12,15-20,27,29H,9-10,13-14,21-23H2,1-2H3,(H,33,38)/t29-/m0/s1. The van der Waals surface area contributed by atoms with E-state index in [0.717, 1.165) is 45.4 Å². The molecule has 1 fully saturated rings. The Balaban J connectivity index is 1.73. The number of anilines is 1. The Bertz CT molecular complexity index is 1400. The van der Waals surface area contributed by atoms with Crippen LogP contribution < -0.4 is 9.62 Å². The van der Waals surface area contributed by atoms with E-state index in [0.29, 0.717) is 10.7 Å². The van der Waals surface area contributed by atoms with Crippen molar-refractivity contribution in [2.75, 3.05) is 24.9 Å². The maximum atomic E-state index is 14.2. The van der Waals surface area contributed by atoms with Gasteiger partial charge in [-0.25, -0.2) is 4.31 Å². The molecule has 0 aromatic heterocycles. The zero-order chi connectivity index (χ0) is 29.4. The summed E-state index contributed by atoms with van der Waals surface area (Å²) in [6.07, 6.45) is 4.19. The molecule has 1 N–H and O–H groups in total. The second-order valence-corrected chi connectivity index (χ2v) is 13.0. The predicted octanol–water partition coefficient (Wildman–Crippen LogP) is 4.65. The van der Waals surface area contributed by atoms with Crippen LogP contribution in [0.15, 0.2) is 84.9 Å². The van der Waals surface area contributed by atoms with Crippen LogP contribution in [0, 0.1) is 0 Å². The second-order valence-electron chi connectivity index (χ2n) is 10.5. The summed E-state index contributed by atoms with van der Waals surface area (Å²) < 4.78 is 29.0. The van der Waals surface area contributed by atoms with Gasteiger partial charge in [-0.1, -0.05) is 85.1 Å². The molecule has 1 aliphatic carbocycles. The number of nitrogens with one attached hydrogen (secondary N) is 1. The van der Waals surface area contributed by atoms with Crippen molar-refractivity contribution in [3.05, 3.63) is 101 Å². The molecule has 3 aromatic rings. The molecule has 0 aliphatic heterocycles. The molecule has 0 saturated heterocycles. The van der Waals surface area contributed by atoms with Gasteiger partial charge in [-0.15, -0.1) is 0 Å². The number of para-hydroxylation sites is 1. The summed E-state index contributed by atoms with van der Waals surface area (Å²) in [5.74, 6) is -0.735. The minimum Gasteiger partial charge on any atom is -0.352 e. The van der Waals surface area contributed by atoms with Crippen molar-refractivity contribution in [1.82, 2.24) is 14.5 Å². The van der Waals surface area contributed by atoms with Gasteiger partial charge >= 0.3 is 10.2 Å². The monoisotopic (exact) mass is 596 g/mol. The van der Waals surface area contributed by atoms with Crippen molar-refractivity contribution in [2.24, 2.45) is 0 Å². The zero-order valence-corrected chi connectivity index (χ0v) is 25.0. The average Bonchev–Trinajstić information content (AvgIpc) is 3.48. The zero-order valence-electron chi connectivity index (χ0n) is 23.4. The number of nitrogens with zero attached hydrogens (tertiary/aromatic N) is 3. The molecule has 1 saturated carbocycles. The molecule has 2 amide bonds. The van der Waals surface area contributed by atoms with Gasteiger partial charge in [0.05, 0.1) is 5.69 Å². The second kappa shape index (κ2) is 14.0. The Hall–Kier alpha value is -3.40. The summed E-state index contributed by atoms with van der Waals surface area (Å²) in [5, 5.41) is 3.72. The lowest BCUT2D eigenvalue weighted by Gasteiger charge is -2.35. The third-order valence-corrected chi connectivity index (χ3v) is 9.37. The highest BCUT2D eigenvalue weighted by atomic mass is 35.5. The molecule has 4 rings (SSSR count). The van der Waals surface area contributed by atoms with Crippen LogP contribution in [0.3, 0.4) is 0 Å². The van der Waals surface area contributed by atoms with E-state index in [-0.39, 0.29) is 24.9 Å². The lowest BCUT2D eigenvalue weighted by Crippen LogP contribution is -2.55. The highest BCUT2D eigenvalue weighted by molar-refractivity contribution is 7.90. The first-order valence-corrected chi connectivity index (χ1v) is 15.6. The van der Waals surface area contributed by atoms with Gasteiger partial charge in [-0.2, -0.15) is 12.7 Å². The minimum absolute atomic E-state index is 0.0585. The highest BCUT2D eigenvalue weighted by Crippen LogP contribution is 2.23. The van der Waals surface area contributed by atoms with E-state index >= 15 is 0 Å². The van der Waals surface area contributed by atoms with Crippen LogP contribution in [-0.2, 0) is 32.8 Å². The fourth-order valence-electron chi connectivity index (χ4n) is 5.02. The summed E-state index contributed by atoms with van der Waals surface area (Å²) >= 11 is 6.12. The van der Waals surface area contributed by atoms with Gasteiger partial charge in [-0.05, 0) is 48.2 Å². The van der Waals surface area contributed by atoms with Gasteiger partial charge in [0.2, 0.25) is 11.8 Å². The Morgan fingerprint density at radius 1 is 0.878 bits per heavy atom. The summed E-state index contributed by atoms with van der Waals surface area (Å²) in [6.45, 7) is -0.365. The molecule has 0 spiro atoms. The lowest BCUT2D eigenvalue weighted by molar-refractivity contribution is -0.140. The number of rotatable bonds is 12. The molecule has 1 atom stereocenters. The molecule has 41 heavy (non-hydrogen) atoms. The Kier molecular flexibility index (Phi) is 10.4. The summed E-state index contributed by atoms with van der Waals surface area (Å²) in [7, 11) is -1.17. The van der Waals surface area contributed by atoms with E-state index in [1.807, 2.05) is 42.5 Å². The van der Waals surface area contributed by atoms with Crippen molar-refractivity contribution < 1.29 is 18.0 Å². The van der Waals surface area contributed by atoms with Crippen molar-refractivity contribution in [3.8, 4) is 0 Å². The Morgan fingerprint density at radius 3 is 2.05 bits per heavy atom. The molecule has 218 valence electrons. The van der Waals surface area contributed by atoms with E-state index in [4.69, 9.17) is 11.6 Å². The van der Waals surface area contributed by atoms with Crippen molar-refractivity contribution >= 4 is 39.3 Å². The van der Waals surface area contributed by atoms with Crippen LogP contribution >= 0.6 is 11.6 Å². The van der Waals surface area contributed by atoms with Crippen molar-refractivity contribution in [3.63, 3.8) is 0 Å². The van der Waals surface area contributed by atoms with Crippen LogP contribution in [0.25, 0.3) is 0 Å². The van der Waals surface area contributed by atoms with Gasteiger partial charge in [0.1, 0.15) is 12.6 Å². The summed E-state index contributed by atoms with van der Waals surface area (Å²) in [5.41, 5.74) is 2.03. The van der Waals surface area contributed by atoms with E-state index in [1.165, 1.54) is 19.0 Å². The maximum Gasteiger partial charge on any atom is 0.304 e. The third kappa shape index (κ3) is 8.09. The van der Waals surface area contributed by atoms with E-state index in [9.17, 15) is 18.0 Å². The quantitative estimate of drug-likeness (QED) is 0.330. The van der Waals surface area contributed by atoms with E-state index < -0.39 is 28.7 Å². The number of amides is 2. The summed E-state index contributed by atoms with van der Waals surface area (Å²) in [6, 6.07) is 24.3. The van der Waals surface area contributed by atoms with Crippen LogP contribution in [0.2, 0.25) is 5.02 Å². The Morgan fingerprint density at radius 2 is 1.46 bits per heavy atom. The predicted molar refractivity (Wildman–Crippen MR) is 163 cm³/mol. The molecule has 0 heterocycles. The maximum absolute atomic E-state index is 14.2. The number of hydrogen-bond donors (Lipinski definition) is 1. The van der Waals surface area contributed by atoms with Crippen LogP contribution in [-0.4, -0.2) is 62.2 Å². The molecule has 0 radical (unpaired) electrons. The van der Waals surface area contributed by atoms with Crippen molar-refractivity contribution in [2.45, 2.75) is 50.7 Å². The van der Waals surface area contributed by atoms with Crippen LogP contribution in [0.5, 0.6) is 0 Å². The molecule has 0 bridgehead atoms. The molecule has 10 heteroatoms. The molecule has 1 aliphatic rings. The number of carbonyl (C=O) groups is 2. The van der Waals surface area contributed by atoms with Gasteiger partial charge < -0.3 is 10.2 Å². The number of benzene rings is 3. The molecular weight excluding hydrogens is 560 g/mol. The molecule has 0 unspecified atom stereocenters. The van der Waals surface area contributed by atoms with Crippen LogP contribution in [0.1, 0.15) is 36.8 Å². The fourth-order valence-corrected chi connectivity index (χ4v) is 6.20. The summed E-state index contributed by atoms with van der Waals surface area (Å²) in [4.78, 5) is 29.6. The lowest BCUT2D eigenvalue weighted by atomic mass is 10.0. The number of halogens is 1. The normalized spacial score (nSPS) is 14.5. The van der Waals surface area contributed by atoms with E-state index in [1.54, 1.807) is 42.5 Å². The minimum atomic E-state index is -4.02. The molecular formula is C31H37ClN4O4S. The Labute approximate surface area is 248 Å². The fraction of sp³-hybridized carbons (Fsp3) is 0.355. The van der Waals surface area contributed by atoms with Gasteiger partial charge in [0.15, 0.2) is 0 Å². The smallest absolute Gasteiger partial charge is 0.304 e. The first-order valence-electron chi connectivity index (χ1n) is 13.8. The van der Waals surface area contributed by atoms with Crippen LogP contribution in [0.4, 0.5) is 5.69 Å². The van der Waals surface area contributed by atoms with E-state index in [2.05, 4.69) is 5.32 Å². The van der Waals surface area contributed by atoms with Gasteiger partial charge in [0, 0.05) is 38.1 Å². The first kappa shape index (κ1) is 30.6. The van der Waals surface area contributed by atoms with Gasteiger partial charge in [0.25, 0.3) is 0 Å². The number of hydrogen-bond acceptors (Lipinski definition) is 4. The number of carbonyl (C=O) groups excluding carboxylic acids is 2. The molecule has 8 nitrogen and oxygen atoms in total. The molecule has 3 aromatic carbocycles.